The van der Waals surface area contributed by atoms with Crippen molar-refractivity contribution in [3.05, 3.63) is 65.7 Å². The number of halogens is 4. The summed E-state index contributed by atoms with van der Waals surface area (Å²) in [5, 5.41) is 13.6. The molecule has 1 aliphatic rings. The molecule has 1 amide bonds. The van der Waals surface area contributed by atoms with Crippen molar-refractivity contribution in [2.45, 2.75) is 42.4 Å². The summed E-state index contributed by atoms with van der Waals surface area (Å²) in [6.45, 7) is 0. The molecule has 2 atom stereocenters. The molecule has 12 heteroatoms. The van der Waals surface area contributed by atoms with Crippen LogP contribution in [0.4, 0.5) is 17.6 Å². The van der Waals surface area contributed by atoms with Crippen LogP contribution >= 0.6 is 0 Å². The monoisotopic (exact) mass is 484 g/mol. The standard InChI is InChI=1S/C21H20F4N4O3S/c22-16-5-3-15(4-6-16)18(21(23,24)25)28-17(19(30)29-20(13-26)7-8-20)12-33(31,32)11-14-2-1-9-27-10-14/h1-6,9-10,17-18,28H,7-8,11-12H2,(H,29,30)/t17-,18+/m1/s1. The van der Waals surface area contributed by atoms with Crippen LogP contribution in [0.5, 0.6) is 0 Å². The van der Waals surface area contributed by atoms with Crippen molar-refractivity contribution in [1.29, 1.82) is 5.26 Å². The molecule has 0 radical (unpaired) electrons. The lowest BCUT2D eigenvalue weighted by Crippen LogP contribution is -2.54. The number of aromatic nitrogens is 1. The molecule has 1 aromatic carbocycles. The van der Waals surface area contributed by atoms with E-state index in [1.54, 1.807) is 0 Å². The van der Waals surface area contributed by atoms with Crippen LogP contribution < -0.4 is 10.6 Å². The number of alkyl halides is 3. The number of amides is 1. The second-order valence-corrected chi connectivity index (χ2v) is 9.95. The van der Waals surface area contributed by atoms with E-state index in [0.29, 0.717) is 18.4 Å². The van der Waals surface area contributed by atoms with Crippen LogP contribution in [0.25, 0.3) is 0 Å². The quantitative estimate of drug-likeness (QED) is 0.529. The molecule has 1 heterocycles. The highest BCUT2D eigenvalue weighted by Crippen LogP contribution is 2.35. The van der Waals surface area contributed by atoms with E-state index in [9.17, 15) is 36.0 Å². The van der Waals surface area contributed by atoms with E-state index < -0.39 is 62.4 Å². The number of hydrogen-bond donors (Lipinski definition) is 2. The van der Waals surface area contributed by atoms with Gasteiger partial charge < -0.3 is 5.32 Å². The van der Waals surface area contributed by atoms with Crippen LogP contribution in [-0.4, -0.2) is 42.8 Å². The fourth-order valence-corrected chi connectivity index (χ4v) is 4.75. The van der Waals surface area contributed by atoms with Gasteiger partial charge in [0.25, 0.3) is 0 Å². The van der Waals surface area contributed by atoms with Crippen LogP contribution in [0, 0.1) is 17.1 Å². The molecular weight excluding hydrogens is 464 g/mol. The molecule has 2 aromatic rings. The van der Waals surface area contributed by atoms with E-state index in [2.05, 4.69) is 15.6 Å². The van der Waals surface area contributed by atoms with Crippen molar-refractivity contribution in [3.8, 4) is 6.07 Å². The molecule has 1 fully saturated rings. The summed E-state index contributed by atoms with van der Waals surface area (Å²) in [6.07, 6.45) is -1.57. The van der Waals surface area contributed by atoms with Crippen molar-refractivity contribution in [2.24, 2.45) is 0 Å². The Morgan fingerprint density at radius 3 is 2.39 bits per heavy atom. The first-order valence-corrected chi connectivity index (χ1v) is 11.7. The highest BCUT2D eigenvalue weighted by Gasteiger charge is 2.48. The van der Waals surface area contributed by atoms with Crippen LogP contribution in [0.3, 0.4) is 0 Å². The zero-order valence-electron chi connectivity index (χ0n) is 17.1. The minimum absolute atomic E-state index is 0.304. The van der Waals surface area contributed by atoms with Crippen molar-refractivity contribution in [2.75, 3.05) is 5.75 Å². The SMILES string of the molecule is N#CC1(NC(=O)[C@@H](CS(=O)(=O)Cc2cccnc2)N[C@@H](c2ccc(F)cc2)C(F)(F)F)CC1. The van der Waals surface area contributed by atoms with Crippen LogP contribution in [-0.2, 0) is 20.4 Å². The number of carbonyl (C=O) groups excluding carboxylic acids is 1. The number of nitrogens with one attached hydrogen (secondary N) is 2. The van der Waals surface area contributed by atoms with Gasteiger partial charge in [0, 0.05) is 12.4 Å². The predicted molar refractivity (Wildman–Crippen MR) is 110 cm³/mol. The summed E-state index contributed by atoms with van der Waals surface area (Å²) in [7, 11) is -4.07. The van der Waals surface area contributed by atoms with Gasteiger partial charge in [0.2, 0.25) is 5.91 Å². The molecule has 7 nitrogen and oxygen atoms in total. The van der Waals surface area contributed by atoms with Gasteiger partial charge in [0.15, 0.2) is 9.84 Å². The van der Waals surface area contributed by atoms with Crippen LogP contribution in [0.1, 0.15) is 30.0 Å². The molecular formula is C21H20F4N4O3S. The number of carbonyl (C=O) groups is 1. The Bertz CT molecular complexity index is 1130. The third kappa shape index (κ3) is 6.72. The lowest BCUT2D eigenvalue weighted by atomic mass is 10.0. The fraction of sp³-hybridized carbons (Fsp3) is 0.381. The summed E-state index contributed by atoms with van der Waals surface area (Å²) in [5.74, 6) is -3.29. The number of rotatable bonds is 9. The van der Waals surface area contributed by atoms with Gasteiger partial charge in [-0.05, 0) is 42.2 Å². The van der Waals surface area contributed by atoms with Crippen molar-refractivity contribution < 1.29 is 30.8 Å². The summed E-state index contributed by atoms with van der Waals surface area (Å²) >= 11 is 0. The first kappa shape index (κ1) is 24.6. The van der Waals surface area contributed by atoms with Gasteiger partial charge >= 0.3 is 6.18 Å². The van der Waals surface area contributed by atoms with Gasteiger partial charge in [-0.15, -0.1) is 0 Å². The molecule has 0 unspecified atom stereocenters. The first-order valence-electron chi connectivity index (χ1n) is 9.84. The van der Waals surface area contributed by atoms with Crippen LogP contribution in [0.2, 0.25) is 0 Å². The van der Waals surface area contributed by atoms with Crippen molar-refractivity contribution in [1.82, 2.24) is 15.6 Å². The number of pyridine rings is 1. The minimum atomic E-state index is -4.92. The number of hydrogen-bond acceptors (Lipinski definition) is 6. The van der Waals surface area contributed by atoms with Crippen LogP contribution in [0.15, 0.2) is 48.8 Å². The molecule has 0 spiro atoms. The number of nitrogens with zero attached hydrogens (tertiary/aromatic N) is 2. The van der Waals surface area contributed by atoms with Gasteiger partial charge in [0.1, 0.15) is 23.4 Å². The Balaban J connectivity index is 1.89. The van der Waals surface area contributed by atoms with Gasteiger partial charge in [-0.1, -0.05) is 18.2 Å². The lowest BCUT2D eigenvalue weighted by Gasteiger charge is -2.28. The normalized spacial score (nSPS) is 16.9. The smallest absolute Gasteiger partial charge is 0.336 e. The predicted octanol–water partition coefficient (Wildman–Crippen LogP) is 2.57. The summed E-state index contributed by atoms with van der Waals surface area (Å²) in [6, 6.07) is 4.07. The Hall–Kier alpha value is -3.04. The molecule has 3 rings (SSSR count). The zero-order chi connectivity index (χ0) is 24.3. The maximum Gasteiger partial charge on any atom is 0.407 e. The molecule has 0 aliphatic heterocycles. The molecule has 1 saturated carbocycles. The Kier molecular flexibility index (Phi) is 7.04. The Labute approximate surface area is 187 Å². The van der Waals surface area contributed by atoms with E-state index >= 15 is 0 Å². The second-order valence-electron chi connectivity index (χ2n) is 7.84. The zero-order valence-corrected chi connectivity index (χ0v) is 18.0. The maximum absolute atomic E-state index is 13.8. The molecule has 1 aromatic heterocycles. The summed E-state index contributed by atoms with van der Waals surface area (Å²) in [5.41, 5.74) is -1.31. The average Bonchev–Trinajstić information content (AvgIpc) is 3.51. The van der Waals surface area contributed by atoms with Gasteiger partial charge in [-0.2, -0.15) is 18.4 Å². The Morgan fingerprint density at radius 2 is 1.88 bits per heavy atom. The van der Waals surface area contributed by atoms with E-state index in [1.165, 1.54) is 24.5 Å². The molecule has 1 aliphatic carbocycles. The number of nitriles is 1. The average molecular weight is 484 g/mol. The molecule has 0 bridgehead atoms. The first-order chi connectivity index (χ1) is 15.4. The molecule has 33 heavy (non-hydrogen) atoms. The third-order valence-electron chi connectivity index (χ3n) is 5.07. The van der Waals surface area contributed by atoms with Gasteiger partial charge in [-0.25, -0.2) is 12.8 Å². The Morgan fingerprint density at radius 1 is 1.21 bits per heavy atom. The highest BCUT2D eigenvalue weighted by atomic mass is 32.2. The molecule has 0 saturated heterocycles. The van der Waals surface area contributed by atoms with E-state index in [-0.39, 0.29) is 0 Å². The number of benzene rings is 1. The second kappa shape index (κ2) is 9.44. The molecule has 176 valence electrons. The maximum atomic E-state index is 13.8. The topological polar surface area (TPSA) is 112 Å². The lowest BCUT2D eigenvalue weighted by molar-refractivity contribution is -0.160. The summed E-state index contributed by atoms with van der Waals surface area (Å²) < 4.78 is 80.2. The van der Waals surface area contributed by atoms with E-state index in [4.69, 9.17) is 0 Å². The number of sulfone groups is 1. The van der Waals surface area contributed by atoms with E-state index in [1.807, 2.05) is 6.07 Å². The minimum Gasteiger partial charge on any atom is -0.336 e. The van der Waals surface area contributed by atoms with Crippen molar-refractivity contribution >= 4 is 15.7 Å². The van der Waals surface area contributed by atoms with E-state index in [0.717, 1.165) is 24.3 Å². The van der Waals surface area contributed by atoms with Crippen molar-refractivity contribution in [3.63, 3.8) is 0 Å². The summed E-state index contributed by atoms with van der Waals surface area (Å²) in [4.78, 5) is 16.6. The molecule has 2 N–H and O–H groups in total. The van der Waals surface area contributed by atoms with Gasteiger partial charge in [-0.3, -0.25) is 15.1 Å². The fourth-order valence-electron chi connectivity index (χ4n) is 3.20. The third-order valence-corrected chi connectivity index (χ3v) is 6.69. The van der Waals surface area contributed by atoms with Gasteiger partial charge in [0.05, 0.1) is 17.6 Å². The highest BCUT2D eigenvalue weighted by molar-refractivity contribution is 7.90. The largest absolute Gasteiger partial charge is 0.407 e.